The van der Waals surface area contributed by atoms with Gasteiger partial charge in [-0.2, -0.15) is 0 Å². The van der Waals surface area contributed by atoms with Gasteiger partial charge in [0.2, 0.25) is 0 Å². The van der Waals surface area contributed by atoms with Crippen LogP contribution in [0.5, 0.6) is 0 Å². The number of anilines is 1. The van der Waals surface area contributed by atoms with Crippen LogP contribution in [-0.4, -0.2) is 12.0 Å². The van der Waals surface area contributed by atoms with Gasteiger partial charge in [0.15, 0.2) is 0 Å². The lowest BCUT2D eigenvalue weighted by molar-refractivity contribution is 1.07. The molecule has 140 valence electrons. The number of thiol groups is 1. The summed E-state index contributed by atoms with van der Waals surface area (Å²) in [4.78, 5) is 1.86. The standard InChI is InChI=1S/C24H22N2S2/c1-4-14-5-6-15(13(2)11-14)22-16-7-9-20(25)23(27)18(16)12-19-17(22)8-10-21(26)24(19)28-3/h4-11,25,27H,1,12,26H2,2-3H3. The fourth-order valence-corrected chi connectivity index (χ4v) is 5.06. The molecule has 0 aromatic heterocycles. The molecule has 28 heavy (non-hydrogen) atoms. The molecule has 3 N–H and O–H groups in total. The van der Waals surface area contributed by atoms with E-state index in [-0.39, 0.29) is 0 Å². The van der Waals surface area contributed by atoms with E-state index in [1.165, 1.54) is 27.8 Å². The van der Waals surface area contributed by atoms with Gasteiger partial charge in [-0.3, -0.25) is 5.41 Å². The minimum absolute atomic E-state index is 0.457. The Morgan fingerprint density at radius 3 is 2.61 bits per heavy atom. The van der Waals surface area contributed by atoms with Gasteiger partial charge < -0.3 is 5.73 Å². The normalized spacial score (nSPS) is 15.6. The topological polar surface area (TPSA) is 49.9 Å². The number of benzene rings is 2. The number of thioether (sulfide) groups is 1. The smallest absolute Gasteiger partial charge is 0.0676 e. The van der Waals surface area contributed by atoms with Gasteiger partial charge in [0.05, 0.1) is 5.71 Å². The molecule has 2 aliphatic carbocycles. The molecule has 0 heterocycles. The van der Waals surface area contributed by atoms with Crippen LogP contribution in [-0.2, 0) is 6.42 Å². The van der Waals surface area contributed by atoms with Crippen molar-refractivity contribution in [3.05, 3.63) is 92.9 Å². The molecule has 0 saturated heterocycles. The second-order valence-electron chi connectivity index (χ2n) is 7.03. The van der Waals surface area contributed by atoms with E-state index >= 15 is 0 Å². The quantitative estimate of drug-likeness (QED) is 0.331. The second-order valence-corrected chi connectivity index (χ2v) is 8.30. The fourth-order valence-electron chi connectivity index (χ4n) is 4.05. The largest absolute Gasteiger partial charge is 0.398 e. The average molecular weight is 403 g/mol. The van der Waals surface area contributed by atoms with E-state index in [2.05, 4.69) is 62.7 Å². The number of hydrogen-bond donors (Lipinski definition) is 3. The molecule has 4 heteroatoms. The van der Waals surface area contributed by atoms with Gasteiger partial charge in [-0.1, -0.05) is 43.0 Å². The Morgan fingerprint density at radius 1 is 1.18 bits per heavy atom. The van der Waals surface area contributed by atoms with Crippen molar-refractivity contribution in [2.24, 2.45) is 0 Å². The first-order valence-corrected chi connectivity index (χ1v) is 10.8. The lowest BCUT2D eigenvalue weighted by Gasteiger charge is -2.30. The lowest BCUT2D eigenvalue weighted by atomic mass is 9.76. The van der Waals surface area contributed by atoms with Gasteiger partial charge in [-0.05, 0) is 69.9 Å². The highest BCUT2D eigenvalue weighted by Gasteiger charge is 2.29. The highest BCUT2D eigenvalue weighted by atomic mass is 32.2. The molecule has 2 aliphatic rings. The summed E-state index contributed by atoms with van der Waals surface area (Å²) in [5.74, 6) is 0. The van der Waals surface area contributed by atoms with E-state index in [1.54, 1.807) is 11.8 Å². The fraction of sp³-hybridized carbons (Fsp3) is 0.125. The molecule has 0 saturated carbocycles. The van der Waals surface area contributed by atoms with E-state index in [9.17, 15) is 0 Å². The third kappa shape index (κ3) is 2.88. The average Bonchev–Trinajstić information content (AvgIpc) is 2.69. The second kappa shape index (κ2) is 7.19. The molecular weight excluding hydrogens is 380 g/mol. The third-order valence-electron chi connectivity index (χ3n) is 5.43. The van der Waals surface area contributed by atoms with Crippen LogP contribution in [0.4, 0.5) is 5.69 Å². The molecule has 2 nitrogen and oxygen atoms in total. The zero-order valence-corrected chi connectivity index (χ0v) is 17.7. The number of nitrogens with two attached hydrogens (primary N) is 1. The van der Waals surface area contributed by atoms with Gasteiger partial charge in [-0.15, -0.1) is 24.4 Å². The van der Waals surface area contributed by atoms with Gasteiger partial charge in [-0.25, -0.2) is 0 Å². The zero-order valence-electron chi connectivity index (χ0n) is 16.0. The molecule has 0 bridgehead atoms. The summed E-state index contributed by atoms with van der Waals surface area (Å²) >= 11 is 6.37. The van der Waals surface area contributed by atoms with Crippen molar-refractivity contribution in [1.29, 1.82) is 5.41 Å². The van der Waals surface area contributed by atoms with E-state index in [0.717, 1.165) is 38.6 Å². The highest BCUT2D eigenvalue weighted by Crippen LogP contribution is 2.47. The first kappa shape index (κ1) is 18.9. The van der Waals surface area contributed by atoms with Crippen LogP contribution in [0.3, 0.4) is 0 Å². The molecular formula is C24H22N2S2. The Hall–Kier alpha value is -2.43. The zero-order chi connectivity index (χ0) is 20.0. The van der Waals surface area contributed by atoms with Crippen molar-refractivity contribution < 1.29 is 0 Å². The molecule has 0 atom stereocenters. The summed E-state index contributed by atoms with van der Waals surface area (Å²) < 4.78 is 0. The van der Waals surface area contributed by atoms with Crippen molar-refractivity contribution in [3.8, 4) is 0 Å². The lowest BCUT2D eigenvalue weighted by Crippen LogP contribution is -2.16. The minimum atomic E-state index is 0.457. The molecule has 2 aromatic carbocycles. The van der Waals surface area contributed by atoms with Gasteiger partial charge in [0, 0.05) is 21.9 Å². The summed E-state index contributed by atoms with van der Waals surface area (Å²) in [5, 5.41) is 8.22. The Labute approximate surface area is 175 Å². The van der Waals surface area contributed by atoms with Crippen LogP contribution in [0.25, 0.3) is 11.6 Å². The SMILES string of the molecule is C=Cc1ccc(C2=C3C=CC(=N)C(S)=C3Cc3c2ccc(N)c3SC)c(C)c1. The van der Waals surface area contributed by atoms with Crippen molar-refractivity contribution in [2.45, 2.75) is 18.2 Å². The van der Waals surface area contributed by atoms with E-state index in [4.69, 9.17) is 11.1 Å². The van der Waals surface area contributed by atoms with Gasteiger partial charge >= 0.3 is 0 Å². The Morgan fingerprint density at radius 2 is 1.93 bits per heavy atom. The number of hydrogen-bond acceptors (Lipinski definition) is 4. The number of nitrogens with one attached hydrogen (secondary N) is 1. The number of fused-ring (bicyclic) bond motifs is 2. The molecule has 0 aliphatic heterocycles. The number of aryl methyl sites for hydroxylation is 1. The Bertz CT molecular complexity index is 1130. The molecule has 0 spiro atoms. The molecule has 0 amide bonds. The van der Waals surface area contributed by atoms with Gasteiger partial charge in [0.1, 0.15) is 0 Å². The summed E-state index contributed by atoms with van der Waals surface area (Å²) in [6, 6.07) is 10.6. The summed E-state index contributed by atoms with van der Waals surface area (Å²) in [7, 11) is 0. The highest BCUT2D eigenvalue weighted by molar-refractivity contribution is 7.98. The Balaban J connectivity index is 2.10. The van der Waals surface area contributed by atoms with Crippen LogP contribution < -0.4 is 5.73 Å². The van der Waals surface area contributed by atoms with Crippen LogP contribution in [0.2, 0.25) is 0 Å². The van der Waals surface area contributed by atoms with Gasteiger partial charge in [0.25, 0.3) is 0 Å². The predicted octanol–water partition coefficient (Wildman–Crippen LogP) is 6.07. The molecule has 0 unspecified atom stereocenters. The molecule has 0 fully saturated rings. The van der Waals surface area contributed by atoms with Crippen molar-refractivity contribution in [1.82, 2.24) is 0 Å². The van der Waals surface area contributed by atoms with Crippen LogP contribution in [0.1, 0.15) is 27.8 Å². The van der Waals surface area contributed by atoms with Crippen LogP contribution in [0, 0.1) is 12.3 Å². The molecule has 0 radical (unpaired) electrons. The Kier molecular flexibility index (Phi) is 4.86. The maximum Gasteiger partial charge on any atom is 0.0676 e. The maximum absolute atomic E-state index is 8.22. The first-order valence-electron chi connectivity index (χ1n) is 9.09. The monoisotopic (exact) mass is 402 g/mol. The summed E-state index contributed by atoms with van der Waals surface area (Å²) in [5.41, 5.74) is 16.9. The van der Waals surface area contributed by atoms with Crippen molar-refractivity contribution in [3.63, 3.8) is 0 Å². The summed E-state index contributed by atoms with van der Waals surface area (Å²) in [6.45, 7) is 6.02. The first-order chi connectivity index (χ1) is 13.5. The summed E-state index contributed by atoms with van der Waals surface area (Å²) in [6.07, 6.45) is 8.57. The van der Waals surface area contributed by atoms with Crippen LogP contribution >= 0.6 is 24.4 Å². The number of nitrogen functional groups attached to an aromatic ring is 1. The van der Waals surface area contributed by atoms with Crippen molar-refractivity contribution >= 4 is 47.4 Å². The number of rotatable bonds is 3. The van der Waals surface area contributed by atoms with Crippen LogP contribution in [0.15, 0.2) is 70.0 Å². The minimum Gasteiger partial charge on any atom is -0.398 e. The van der Waals surface area contributed by atoms with E-state index < -0.39 is 0 Å². The predicted molar refractivity (Wildman–Crippen MR) is 127 cm³/mol. The van der Waals surface area contributed by atoms with E-state index in [1.807, 2.05) is 18.2 Å². The molecule has 2 aromatic rings. The van der Waals surface area contributed by atoms with E-state index in [0.29, 0.717) is 5.71 Å². The van der Waals surface area contributed by atoms with Crippen molar-refractivity contribution in [2.75, 3.05) is 12.0 Å². The third-order valence-corrected chi connectivity index (χ3v) is 6.83. The molecule has 4 rings (SSSR count). The maximum atomic E-state index is 8.22. The number of allylic oxidation sites excluding steroid dienone is 5.